The summed E-state index contributed by atoms with van der Waals surface area (Å²) >= 11 is 0. The number of benzene rings is 2. The van der Waals surface area contributed by atoms with Crippen molar-refractivity contribution in [2.45, 2.75) is 12.7 Å². The minimum Gasteiger partial charge on any atom is -0.458 e. The van der Waals surface area contributed by atoms with Gasteiger partial charge in [0.1, 0.15) is 17.4 Å². The van der Waals surface area contributed by atoms with E-state index >= 15 is 0 Å². The van der Waals surface area contributed by atoms with E-state index in [1.54, 1.807) is 7.11 Å². The molecule has 1 aromatic heterocycles. The zero-order valence-corrected chi connectivity index (χ0v) is 11.2. The first-order valence-corrected chi connectivity index (χ1v) is 6.52. The molecule has 20 heavy (non-hydrogen) atoms. The van der Waals surface area contributed by atoms with Crippen LogP contribution < -0.4 is 0 Å². The number of methoxy groups -OCH3 is 1. The Hall–Kier alpha value is -2.10. The van der Waals surface area contributed by atoms with Gasteiger partial charge < -0.3 is 14.3 Å². The molecule has 3 heteroatoms. The summed E-state index contributed by atoms with van der Waals surface area (Å²) in [5, 5.41) is 11.4. The molecule has 0 saturated heterocycles. The number of rotatable bonds is 4. The van der Waals surface area contributed by atoms with Crippen molar-refractivity contribution in [1.82, 2.24) is 0 Å². The molecule has 3 rings (SSSR count). The largest absolute Gasteiger partial charge is 0.458 e. The monoisotopic (exact) mass is 268 g/mol. The highest BCUT2D eigenvalue weighted by molar-refractivity contribution is 5.77. The predicted octanol–water partition coefficient (Wildman–Crippen LogP) is 3.66. The summed E-state index contributed by atoms with van der Waals surface area (Å²) in [7, 11) is 1.66. The molecule has 2 aromatic carbocycles. The second-order valence-corrected chi connectivity index (χ2v) is 4.76. The van der Waals surface area contributed by atoms with Crippen molar-refractivity contribution in [3.8, 4) is 0 Å². The number of hydrogen-bond donors (Lipinski definition) is 1. The zero-order valence-electron chi connectivity index (χ0n) is 11.2. The highest BCUT2D eigenvalue weighted by Crippen LogP contribution is 2.28. The van der Waals surface area contributed by atoms with Crippen molar-refractivity contribution in [2.24, 2.45) is 0 Å². The smallest absolute Gasteiger partial charge is 0.138 e. The summed E-state index contributed by atoms with van der Waals surface area (Å²) in [5.41, 5.74) is 2.68. The van der Waals surface area contributed by atoms with Gasteiger partial charge in [-0.2, -0.15) is 0 Å². The fourth-order valence-corrected chi connectivity index (χ4v) is 2.26. The number of para-hydroxylation sites is 1. The Morgan fingerprint density at radius 3 is 2.55 bits per heavy atom. The molecule has 0 amide bonds. The maximum atomic E-state index is 10.4. The Balaban J connectivity index is 1.89. The summed E-state index contributed by atoms with van der Waals surface area (Å²) in [6.45, 7) is 0.570. The average Bonchev–Trinajstić information content (AvgIpc) is 2.91. The summed E-state index contributed by atoms with van der Waals surface area (Å²) in [6.07, 6.45) is -0.751. The first kappa shape index (κ1) is 12.9. The van der Waals surface area contributed by atoms with E-state index in [0.29, 0.717) is 12.4 Å². The summed E-state index contributed by atoms with van der Waals surface area (Å²) < 4.78 is 10.8. The van der Waals surface area contributed by atoms with Crippen LogP contribution >= 0.6 is 0 Å². The Morgan fingerprint density at radius 2 is 1.85 bits per heavy atom. The van der Waals surface area contributed by atoms with Gasteiger partial charge in [0, 0.05) is 12.5 Å². The van der Waals surface area contributed by atoms with Gasteiger partial charge in [-0.1, -0.05) is 42.5 Å². The van der Waals surface area contributed by atoms with Crippen LogP contribution in [0.4, 0.5) is 0 Å². The van der Waals surface area contributed by atoms with Crippen LogP contribution in [0, 0.1) is 0 Å². The zero-order chi connectivity index (χ0) is 13.9. The fourth-order valence-electron chi connectivity index (χ4n) is 2.26. The number of aliphatic hydroxyl groups excluding tert-OH is 1. The average molecular weight is 268 g/mol. The predicted molar refractivity (Wildman–Crippen MR) is 77.4 cm³/mol. The van der Waals surface area contributed by atoms with Gasteiger partial charge in [-0.05, 0) is 23.3 Å². The van der Waals surface area contributed by atoms with Gasteiger partial charge in [0.15, 0.2) is 0 Å². The third-order valence-corrected chi connectivity index (χ3v) is 3.32. The third kappa shape index (κ3) is 2.46. The third-order valence-electron chi connectivity index (χ3n) is 3.32. The van der Waals surface area contributed by atoms with E-state index in [-0.39, 0.29) is 0 Å². The summed E-state index contributed by atoms with van der Waals surface area (Å²) in [5.74, 6) is 0.561. The molecule has 0 saturated carbocycles. The molecule has 0 radical (unpaired) electrons. The van der Waals surface area contributed by atoms with Gasteiger partial charge in [0.2, 0.25) is 0 Å². The Bertz CT molecular complexity index is 665. The molecule has 0 aliphatic rings. The first-order chi connectivity index (χ1) is 9.78. The first-order valence-electron chi connectivity index (χ1n) is 6.52. The van der Waals surface area contributed by atoms with Crippen LogP contribution in [0.25, 0.3) is 11.0 Å². The Labute approximate surface area is 117 Å². The molecule has 0 spiro atoms. The minimum absolute atomic E-state index is 0.561. The van der Waals surface area contributed by atoms with Crippen molar-refractivity contribution in [2.75, 3.05) is 7.11 Å². The molecule has 0 aliphatic carbocycles. The van der Waals surface area contributed by atoms with Crippen LogP contribution in [0.15, 0.2) is 59.0 Å². The quantitative estimate of drug-likeness (QED) is 0.785. The van der Waals surface area contributed by atoms with Gasteiger partial charge in [-0.15, -0.1) is 0 Å². The molecule has 3 aromatic rings. The Kier molecular flexibility index (Phi) is 3.54. The van der Waals surface area contributed by atoms with Crippen LogP contribution in [0.2, 0.25) is 0 Å². The fraction of sp³-hybridized carbons (Fsp3) is 0.176. The maximum absolute atomic E-state index is 10.4. The topological polar surface area (TPSA) is 42.6 Å². The molecule has 102 valence electrons. The normalized spacial score (nSPS) is 12.7. The van der Waals surface area contributed by atoms with Crippen molar-refractivity contribution >= 4 is 11.0 Å². The lowest BCUT2D eigenvalue weighted by Crippen LogP contribution is -1.98. The number of ether oxygens (including phenoxy) is 1. The van der Waals surface area contributed by atoms with Crippen molar-refractivity contribution in [3.63, 3.8) is 0 Å². The minimum atomic E-state index is -0.751. The number of furan rings is 1. The van der Waals surface area contributed by atoms with Crippen molar-refractivity contribution < 1.29 is 14.3 Å². The van der Waals surface area contributed by atoms with E-state index in [9.17, 15) is 5.11 Å². The summed E-state index contributed by atoms with van der Waals surface area (Å²) in [4.78, 5) is 0. The maximum Gasteiger partial charge on any atom is 0.138 e. The van der Waals surface area contributed by atoms with Gasteiger partial charge in [-0.25, -0.2) is 0 Å². The lowest BCUT2D eigenvalue weighted by molar-refractivity contribution is 0.184. The van der Waals surface area contributed by atoms with E-state index in [1.165, 1.54) is 0 Å². The summed E-state index contributed by atoms with van der Waals surface area (Å²) in [6, 6.07) is 17.3. The Morgan fingerprint density at radius 1 is 1.10 bits per heavy atom. The van der Waals surface area contributed by atoms with E-state index < -0.39 is 6.10 Å². The molecular weight excluding hydrogens is 252 g/mol. The highest BCUT2D eigenvalue weighted by Gasteiger charge is 2.15. The van der Waals surface area contributed by atoms with E-state index in [4.69, 9.17) is 9.15 Å². The van der Waals surface area contributed by atoms with Crippen LogP contribution in [-0.4, -0.2) is 12.2 Å². The molecule has 1 atom stereocenters. The molecule has 0 aliphatic heterocycles. The second kappa shape index (κ2) is 5.49. The molecule has 0 fully saturated rings. The van der Waals surface area contributed by atoms with Crippen molar-refractivity contribution in [1.29, 1.82) is 0 Å². The van der Waals surface area contributed by atoms with Crippen LogP contribution in [-0.2, 0) is 11.3 Å². The molecule has 1 unspecified atom stereocenters. The van der Waals surface area contributed by atoms with Crippen LogP contribution in [0.3, 0.4) is 0 Å². The highest BCUT2D eigenvalue weighted by atomic mass is 16.5. The second-order valence-electron chi connectivity index (χ2n) is 4.76. The van der Waals surface area contributed by atoms with Gasteiger partial charge in [-0.3, -0.25) is 0 Å². The van der Waals surface area contributed by atoms with Gasteiger partial charge in [0.05, 0.1) is 6.61 Å². The lowest BCUT2D eigenvalue weighted by atomic mass is 10.1. The standard InChI is InChI=1S/C17H16O3/c1-19-11-12-6-8-13(9-7-12)17(18)16-10-14-4-2-3-5-15(14)20-16/h2-10,17-18H,11H2,1H3. The molecule has 0 bridgehead atoms. The van der Waals surface area contributed by atoms with E-state index in [0.717, 1.165) is 22.1 Å². The SMILES string of the molecule is COCc1ccc(C(O)c2cc3ccccc3o2)cc1. The molecule has 1 heterocycles. The number of fused-ring (bicyclic) bond motifs is 1. The molecule has 1 N–H and O–H groups in total. The van der Waals surface area contributed by atoms with Crippen LogP contribution in [0.5, 0.6) is 0 Å². The number of hydrogen-bond acceptors (Lipinski definition) is 3. The molecular formula is C17H16O3. The van der Waals surface area contributed by atoms with Gasteiger partial charge in [0.25, 0.3) is 0 Å². The van der Waals surface area contributed by atoms with Gasteiger partial charge >= 0.3 is 0 Å². The van der Waals surface area contributed by atoms with Crippen LogP contribution in [0.1, 0.15) is 23.0 Å². The number of aliphatic hydroxyl groups is 1. The van der Waals surface area contributed by atoms with E-state index in [2.05, 4.69) is 0 Å². The van der Waals surface area contributed by atoms with E-state index in [1.807, 2.05) is 54.6 Å². The van der Waals surface area contributed by atoms with Crippen molar-refractivity contribution in [3.05, 3.63) is 71.5 Å². The lowest BCUT2D eigenvalue weighted by Gasteiger charge is -2.08. The molecule has 3 nitrogen and oxygen atoms in total.